The first kappa shape index (κ1) is 17.0. The maximum absolute atomic E-state index is 6.15. The highest BCUT2D eigenvalue weighted by atomic mass is 35.5. The largest absolute Gasteiger partial charge is 0.374 e. The highest BCUT2D eigenvalue weighted by Crippen LogP contribution is 2.36. The van der Waals surface area contributed by atoms with E-state index in [1.807, 2.05) is 25.1 Å². The van der Waals surface area contributed by atoms with Crippen LogP contribution < -0.4 is 11.3 Å². The van der Waals surface area contributed by atoms with Crippen molar-refractivity contribution in [3.63, 3.8) is 0 Å². The second kappa shape index (κ2) is 7.80. The lowest BCUT2D eigenvalue weighted by Gasteiger charge is -2.43. The highest BCUT2D eigenvalue weighted by molar-refractivity contribution is 6.42. The Kier molecular flexibility index (Phi) is 6.33. The van der Waals surface area contributed by atoms with Crippen molar-refractivity contribution < 1.29 is 4.74 Å². The van der Waals surface area contributed by atoms with Crippen molar-refractivity contribution in [3.05, 3.63) is 33.8 Å². The van der Waals surface area contributed by atoms with Crippen LogP contribution in [0.5, 0.6) is 0 Å². The van der Waals surface area contributed by atoms with Crippen LogP contribution in [0, 0.1) is 0 Å². The quantitative estimate of drug-likeness (QED) is 0.609. The van der Waals surface area contributed by atoms with Crippen molar-refractivity contribution in [1.29, 1.82) is 0 Å². The van der Waals surface area contributed by atoms with Crippen LogP contribution in [0.2, 0.25) is 10.0 Å². The molecule has 0 spiro atoms. The Morgan fingerprint density at radius 2 is 1.95 bits per heavy atom. The summed E-state index contributed by atoms with van der Waals surface area (Å²) in [6, 6.07) is 5.83. The molecule has 3 nitrogen and oxygen atoms in total. The molecule has 0 amide bonds. The number of hydrogen-bond donors (Lipinski definition) is 2. The maximum Gasteiger partial charge on any atom is 0.0851 e. The van der Waals surface area contributed by atoms with Crippen molar-refractivity contribution in [2.75, 3.05) is 6.61 Å². The molecule has 2 rings (SSSR count). The minimum atomic E-state index is -0.173. The molecule has 0 aliphatic heterocycles. The third kappa shape index (κ3) is 4.11. The lowest BCUT2D eigenvalue weighted by molar-refractivity contribution is -0.0898. The van der Waals surface area contributed by atoms with Crippen LogP contribution >= 0.6 is 23.2 Å². The van der Waals surface area contributed by atoms with Gasteiger partial charge < -0.3 is 4.74 Å². The van der Waals surface area contributed by atoms with Crippen LogP contribution in [0.3, 0.4) is 0 Å². The van der Waals surface area contributed by atoms with Crippen LogP contribution in [0.1, 0.15) is 44.6 Å². The average molecular weight is 331 g/mol. The molecule has 1 fully saturated rings. The normalized spacial score (nSPS) is 19.4. The first-order valence-corrected chi connectivity index (χ1v) is 8.41. The predicted octanol–water partition coefficient (Wildman–Crippen LogP) is 4.11. The zero-order valence-electron chi connectivity index (χ0n) is 12.5. The summed E-state index contributed by atoms with van der Waals surface area (Å²) in [6.45, 7) is 2.75. The van der Waals surface area contributed by atoms with Gasteiger partial charge in [0, 0.05) is 6.61 Å². The molecule has 118 valence electrons. The van der Waals surface area contributed by atoms with Gasteiger partial charge in [0.15, 0.2) is 0 Å². The number of hydrazine groups is 1. The molecule has 1 aliphatic carbocycles. The van der Waals surface area contributed by atoms with Gasteiger partial charge in [-0.1, -0.05) is 48.5 Å². The summed E-state index contributed by atoms with van der Waals surface area (Å²) in [5, 5.41) is 1.16. The van der Waals surface area contributed by atoms with Crippen LogP contribution in [0.25, 0.3) is 0 Å². The third-order valence-corrected chi connectivity index (χ3v) is 5.13. The molecule has 0 bridgehead atoms. The van der Waals surface area contributed by atoms with E-state index in [9.17, 15) is 0 Å². The van der Waals surface area contributed by atoms with Gasteiger partial charge in [-0.2, -0.15) is 0 Å². The van der Waals surface area contributed by atoms with Gasteiger partial charge in [-0.15, -0.1) is 0 Å². The zero-order chi connectivity index (χ0) is 15.3. The lowest BCUT2D eigenvalue weighted by atomic mass is 9.77. The molecular weight excluding hydrogens is 307 g/mol. The molecule has 1 aromatic carbocycles. The van der Waals surface area contributed by atoms with Gasteiger partial charge in [-0.25, -0.2) is 0 Å². The Hall–Kier alpha value is -0.320. The SMILES string of the molecule is CCOC1(C(Cc2ccc(Cl)c(Cl)c2)NN)CCCCC1. The number of ether oxygens (including phenoxy) is 1. The van der Waals surface area contributed by atoms with E-state index in [0.717, 1.165) is 24.8 Å². The monoisotopic (exact) mass is 330 g/mol. The molecule has 1 unspecified atom stereocenters. The Labute approximate surface area is 137 Å². The van der Waals surface area contributed by atoms with E-state index in [2.05, 4.69) is 5.43 Å². The van der Waals surface area contributed by atoms with Gasteiger partial charge >= 0.3 is 0 Å². The molecule has 0 heterocycles. The lowest BCUT2D eigenvalue weighted by Crippen LogP contribution is -2.57. The van der Waals surface area contributed by atoms with E-state index >= 15 is 0 Å². The summed E-state index contributed by atoms with van der Waals surface area (Å²) in [5.41, 5.74) is 3.93. The van der Waals surface area contributed by atoms with Gasteiger partial charge in [-0.05, 0) is 43.9 Å². The molecule has 1 aromatic rings. The van der Waals surface area contributed by atoms with Gasteiger partial charge in [0.25, 0.3) is 0 Å². The molecule has 1 atom stereocenters. The van der Waals surface area contributed by atoms with Crippen LogP contribution in [0.4, 0.5) is 0 Å². The van der Waals surface area contributed by atoms with E-state index in [-0.39, 0.29) is 11.6 Å². The maximum atomic E-state index is 6.15. The molecule has 0 saturated heterocycles. The second-order valence-electron chi connectivity index (χ2n) is 5.73. The van der Waals surface area contributed by atoms with Crippen molar-refractivity contribution in [3.8, 4) is 0 Å². The van der Waals surface area contributed by atoms with Gasteiger partial charge in [0.1, 0.15) is 0 Å². The molecule has 1 saturated carbocycles. The van der Waals surface area contributed by atoms with Crippen molar-refractivity contribution in [1.82, 2.24) is 5.43 Å². The summed E-state index contributed by atoms with van der Waals surface area (Å²) < 4.78 is 6.15. The van der Waals surface area contributed by atoms with Crippen molar-refractivity contribution in [2.45, 2.75) is 57.1 Å². The standard InChI is InChI=1S/C16H24Cl2N2O/c1-2-21-16(8-4-3-5-9-16)15(20-19)11-12-6-7-13(17)14(18)10-12/h6-7,10,15,20H,2-5,8-9,11,19H2,1H3. The number of halogens is 2. The molecule has 5 heteroatoms. The van der Waals surface area contributed by atoms with Crippen LogP contribution in [-0.2, 0) is 11.2 Å². The number of benzene rings is 1. The zero-order valence-corrected chi connectivity index (χ0v) is 14.0. The molecular formula is C16H24Cl2N2O. The predicted molar refractivity (Wildman–Crippen MR) is 88.7 cm³/mol. The minimum Gasteiger partial charge on any atom is -0.374 e. The highest BCUT2D eigenvalue weighted by Gasteiger charge is 2.40. The average Bonchev–Trinajstić information content (AvgIpc) is 2.49. The molecule has 1 aliphatic rings. The first-order valence-electron chi connectivity index (χ1n) is 7.65. The molecule has 3 N–H and O–H groups in total. The summed E-state index contributed by atoms with van der Waals surface area (Å²) in [5.74, 6) is 5.85. The second-order valence-corrected chi connectivity index (χ2v) is 6.54. The summed E-state index contributed by atoms with van der Waals surface area (Å²) >= 11 is 12.1. The summed E-state index contributed by atoms with van der Waals surface area (Å²) in [6.07, 6.45) is 6.56. The number of rotatable bonds is 6. The number of nitrogens with two attached hydrogens (primary N) is 1. The Bertz CT molecular complexity index is 456. The third-order valence-electron chi connectivity index (χ3n) is 4.39. The van der Waals surface area contributed by atoms with E-state index in [1.165, 1.54) is 19.3 Å². The smallest absolute Gasteiger partial charge is 0.0851 e. The van der Waals surface area contributed by atoms with Crippen LogP contribution in [-0.4, -0.2) is 18.2 Å². The topological polar surface area (TPSA) is 47.3 Å². The molecule has 21 heavy (non-hydrogen) atoms. The van der Waals surface area contributed by atoms with E-state index < -0.39 is 0 Å². The van der Waals surface area contributed by atoms with Gasteiger partial charge in [-0.3, -0.25) is 11.3 Å². The fraction of sp³-hybridized carbons (Fsp3) is 0.625. The van der Waals surface area contributed by atoms with Crippen molar-refractivity contribution in [2.24, 2.45) is 5.84 Å². The van der Waals surface area contributed by atoms with Crippen LogP contribution in [0.15, 0.2) is 18.2 Å². The fourth-order valence-electron chi connectivity index (χ4n) is 3.33. The minimum absolute atomic E-state index is 0.0787. The Morgan fingerprint density at radius 3 is 2.52 bits per heavy atom. The van der Waals surface area contributed by atoms with E-state index in [0.29, 0.717) is 16.7 Å². The molecule has 0 aromatic heterocycles. The number of nitrogens with one attached hydrogen (secondary N) is 1. The summed E-state index contributed by atoms with van der Waals surface area (Å²) in [4.78, 5) is 0. The Morgan fingerprint density at radius 1 is 1.24 bits per heavy atom. The van der Waals surface area contributed by atoms with Crippen molar-refractivity contribution >= 4 is 23.2 Å². The van der Waals surface area contributed by atoms with E-state index in [1.54, 1.807) is 0 Å². The van der Waals surface area contributed by atoms with E-state index in [4.69, 9.17) is 33.8 Å². The fourth-order valence-corrected chi connectivity index (χ4v) is 3.65. The Balaban J connectivity index is 2.17. The molecule has 0 radical (unpaired) electrons. The van der Waals surface area contributed by atoms with Gasteiger partial charge in [0.05, 0.1) is 21.7 Å². The van der Waals surface area contributed by atoms with Gasteiger partial charge in [0.2, 0.25) is 0 Å². The first-order chi connectivity index (χ1) is 10.1. The summed E-state index contributed by atoms with van der Waals surface area (Å²) in [7, 11) is 0. The number of hydrogen-bond acceptors (Lipinski definition) is 3.